The predicted octanol–water partition coefficient (Wildman–Crippen LogP) is 2.42. The highest BCUT2D eigenvalue weighted by Gasteiger charge is 2.39. The number of aromatic nitrogens is 2. The van der Waals surface area contributed by atoms with E-state index in [0.717, 1.165) is 12.1 Å². The van der Waals surface area contributed by atoms with E-state index < -0.39 is 24.2 Å². The Morgan fingerprint density at radius 3 is 2.69 bits per heavy atom. The van der Waals surface area contributed by atoms with E-state index in [4.69, 9.17) is 10.5 Å². The number of nitrogens with one attached hydrogen (secondary N) is 1. The number of benzene rings is 1. The zero-order valence-corrected chi connectivity index (χ0v) is 15.1. The number of hydrogen-bond acceptors (Lipinski definition) is 6. The first-order valence-corrected chi connectivity index (χ1v) is 8.68. The third-order valence-corrected chi connectivity index (χ3v) is 4.63. The number of halogens is 3. The SMILES string of the molecule is N#CC1CCOCC1n1cc(C(N)=O)c(Nc2ccc(C(O)C(F)(F)F)cc2)n1. The van der Waals surface area contributed by atoms with Gasteiger partial charge in [-0.2, -0.15) is 23.5 Å². The van der Waals surface area contributed by atoms with Gasteiger partial charge in [0.05, 0.1) is 24.6 Å². The third kappa shape index (κ3) is 4.49. The molecule has 29 heavy (non-hydrogen) atoms. The Kier molecular flexibility index (Phi) is 5.76. The Labute approximate surface area is 163 Å². The molecule has 154 valence electrons. The number of carbonyl (C=O) groups is 1. The Bertz CT molecular complexity index is 920. The summed E-state index contributed by atoms with van der Waals surface area (Å²) < 4.78 is 44.6. The van der Waals surface area contributed by atoms with Gasteiger partial charge in [-0.25, -0.2) is 0 Å². The van der Waals surface area contributed by atoms with E-state index in [1.165, 1.54) is 23.0 Å². The normalized spacial score (nSPS) is 20.7. The molecule has 3 atom stereocenters. The lowest BCUT2D eigenvalue weighted by molar-refractivity contribution is -0.206. The lowest BCUT2D eigenvalue weighted by atomic mass is 9.97. The standard InChI is InChI=1S/C18H18F3N5O3/c19-18(20,21)15(27)10-1-3-12(4-2-10)24-17-13(16(23)28)8-26(25-17)14-9-29-6-5-11(14)7-22/h1-4,8,11,14-15,27H,5-6,9H2,(H2,23,28)(H,24,25). The van der Waals surface area contributed by atoms with Crippen molar-refractivity contribution < 1.29 is 27.8 Å². The summed E-state index contributed by atoms with van der Waals surface area (Å²) in [5, 5.41) is 25.7. The first-order valence-electron chi connectivity index (χ1n) is 8.68. The molecule has 0 bridgehead atoms. The number of primary amides is 1. The summed E-state index contributed by atoms with van der Waals surface area (Å²) in [6.45, 7) is 0.710. The highest BCUT2D eigenvalue weighted by Crippen LogP contribution is 2.33. The maximum Gasteiger partial charge on any atom is 0.418 e. The minimum atomic E-state index is -4.77. The number of nitrogens with zero attached hydrogens (tertiary/aromatic N) is 3. The van der Waals surface area contributed by atoms with E-state index in [2.05, 4.69) is 16.5 Å². The molecular formula is C18H18F3N5O3. The molecule has 0 radical (unpaired) electrons. The van der Waals surface area contributed by atoms with Crippen LogP contribution < -0.4 is 11.1 Å². The smallest absolute Gasteiger partial charge is 0.379 e. The van der Waals surface area contributed by atoms with E-state index in [-0.39, 0.29) is 29.5 Å². The predicted molar refractivity (Wildman–Crippen MR) is 95.1 cm³/mol. The maximum absolute atomic E-state index is 12.6. The van der Waals surface area contributed by atoms with Crippen LogP contribution in [0.1, 0.15) is 34.5 Å². The number of nitriles is 1. The van der Waals surface area contributed by atoms with E-state index >= 15 is 0 Å². The molecule has 0 aliphatic carbocycles. The molecule has 8 nitrogen and oxygen atoms in total. The summed E-state index contributed by atoms with van der Waals surface area (Å²) in [7, 11) is 0. The molecule has 1 aromatic heterocycles. The fourth-order valence-electron chi connectivity index (χ4n) is 3.04. The summed E-state index contributed by atoms with van der Waals surface area (Å²) in [4.78, 5) is 11.8. The Balaban J connectivity index is 1.84. The lowest BCUT2D eigenvalue weighted by Crippen LogP contribution is -2.29. The van der Waals surface area contributed by atoms with Gasteiger partial charge in [0, 0.05) is 18.5 Å². The van der Waals surface area contributed by atoms with Crippen molar-refractivity contribution in [2.75, 3.05) is 18.5 Å². The van der Waals surface area contributed by atoms with Gasteiger partial charge < -0.3 is 20.9 Å². The van der Waals surface area contributed by atoms with Crippen LogP contribution in [0.4, 0.5) is 24.7 Å². The fraction of sp³-hybridized carbons (Fsp3) is 0.389. The van der Waals surface area contributed by atoms with Crippen LogP contribution in [0.2, 0.25) is 0 Å². The molecule has 2 heterocycles. The highest BCUT2D eigenvalue weighted by atomic mass is 19.4. The van der Waals surface area contributed by atoms with Crippen LogP contribution in [-0.4, -0.2) is 40.2 Å². The number of aliphatic hydroxyl groups excluding tert-OH is 1. The van der Waals surface area contributed by atoms with Crippen molar-refractivity contribution in [3.8, 4) is 6.07 Å². The van der Waals surface area contributed by atoms with Crippen LogP contribution in [0, 0.1) is 17.2 Å². The zero-order valence-electron chi connectivity index (χ0n) is 15.1. The minimum absolute atomic E-state index is 0.0617. The average Bonchev–Trinajstić information content (AvgIpc) is 3.11. The minimum Gasteiger partial charge on any atom is -0.379 e. The number of rotatable bonds is 5. The van der Waals surface area contributed by atoms with Gasteiger partial charge in [-0.05, 0) is 24.1 Å². The zero-order chi connectivity index (χ0) is 21.2. The summed E-state index contributed by atoms with van der Waals surface area (Å²) in [5.41, 5.74) is 5.49. The molecule has 2 aromatic rings. The van der Waals surface area contributed by atoms with E-state index in [1.54, 1.807) is 0 Å². The maximum atomic E-state index is 12.6. The number of ether oxygens (including phenoxy) is 1. The molecule has 11 heteroatoms. The van der Waals surface area contributed by atoms with Gasteiger partial charge in [-0.15, -0.1) is 0 Å². The van der Waals surface area contributed by atoms with Gasteiger partial charge in [0.25, 0.3) is 5.91 Å². The number of nitrogens with two attached hydrogens (primary N) is 1. The molecule has 1 aromatic carbocycles. The molecule has 3 rings (SSSR count). The van der Waals surface area contributed by atoms with Crippen molar-refractivity contribution in [3.63, 3.8) is 0 Å². The van der Waals surface area contributed by atoms with Gasteiger partial charge in [-0.3, -0.25) is 9.48 Å². The van der Waals surface area contributed by atoms with Gasteiger partial charge in [-0.1, -0.05) is 12.1 Å². The van der Waals surface area contributed by atoms with Crippen molar-refractivity contribution in [3.05, 3.63) is 41.6 Å². The molecule has 1 aliphatic heterocycles. The second kappa shape index (κ2) is 8.10. The van der Waals surface area contributed by atoms with Gasteiger partial charge in [0.1, 0.15) is 5.56 Å². The molecular weight excluding hydrogens is 391 g/mol. The quantitative estimate of drug-likeness (QED) is 0.696. The Morgan fingerprint density at radius 2 is 2.10 bits per heavy atom. The second-order valence-electron chi connectivity index (χ2n) is 6.59. The van der Waals surface area contributed by atoms with Crippen molar-refractivity contribution in [2.24, 2.45) is 11.7 Å². The first-order chi connectivity index (χ1) is 13.7. The van der Waals surface area contributed by atoms with Gasteiger partial charge in [0.15, 0.2) is 11.9 Å². The summed E-state index contributed by atoms with van der Waals surface area (Å²) in [5.74, 6) is -1.00. The lowest BCUT2D eigenvalue weighted by Gasteiger charge is -2.26. The second-order valence-corrected chi connectivity index (χ2v) is 6.59. The number of amides is 1. The van der Waals surface area contributed by atoms with Crippen LogP contribution in [0.3, 0.4) is 0 Å². The van der Waals surface area contributed by atoms with Crippen molar-refractivity contribution >= 4 is 17.4 Å². The van der Waals surface area contributed by atoms with Gasteiger partial charge >= 0.3 is 6.18 Å². The molecule has 3 unspecified atom stereocenters. The van der Waals surface area contributed by atoms with Crippen LogP contribution in [0.25, 0.3) is 0 Å². The largest absolute Gasteiger partial charge is 0.418 e. The van der Waals surface area contributed by atoms with E-state index in [9.17, 15) is 28.3 Å². The highest BCUT2D eigenvalue weighted by molar-refractivity contribution is 5.98. The van der Waals surface area contributed by atoms with Crippen molar-refractivity contribution in [1.29, 1.82) is 5.26 Å². The van der Waals surface area contributed by atoms with E-state index in [1.807, 2.05) is 0 Å². The number of aliphatic hydroxyl groups is 1. The van der Waals surface area contributed by atoms with Crippen LogP contribution in [0.5, 0.6) is 0 Å². The van der Waals surface area contributed by atoms with Crippen LogP contribution in [-0.2, 0) is 4.74 Å². The van der Waals surface area contributed by atoms with Crippen LogP contribution in [0.15, 0.2) is 30.5 Å². The number of alkyl halides is 3. The van der Waals surface area contributed by atoms with Crippen LogP contribution >= 0.6 is 0 Å². The number of anilines is 2. The van der Waals surface area contributed by atoms with E-state index in [0.29, 0.717) is 18.7 Å². The number of hydrogen-bond donors (Lipinski definition) is 3. The molecule has 1 aliphatic rings. The molecule has 0 saturated carbocycles. The van der Waals surface area contributed by atoms with Crippen molar-refractivity contribution in [1.82, 2.24) is 9.78 Å². The Morgan fingerprint density at radius 1 is 1.41 bits per heavy atom. The summed E-state index contributed by atoms with van der Waals surface area (Å²) in [6.07, 6.45) is -5.42. The molecule has 1 fully saturated rings. The van der Waals surface area contributed by atoms with Gasteiger partial charge in [0.2, 0.25) is 0 Å². The summed E-state index contributed by atoms with van der Waals surface area (Å²) >= 11 is 0. The van der Waals surface area contributed by atoms with Crippen molar-refractivity contribution in [2.45, 2.75) is 24.7 Å². The summed E-state index contributed by atoms with van der Waals surface area (Å²) in [6, 6.07) is 6.66. The third-order valence-electron chi connectivity index (χ3n) is 4.63. The first kappa shape index (κ1) is 20.6. The molecule has 1 saturated heterocycles. The average molecular weight is 409 g/mol. The molecule has 0 spiro atoms. The molecule has 4 N–H and O–H groups in total. The Hall–Kier alpha value is -3.10. The monoisotopic (exact) mass is 409 g/mol. The fourth-order valence-corrected chi connectivity index (χ4v) is 3.04. The number of carbonyl (C=O) groups excluding carboxylic acids is 1. The molecule has 1 amide bonds. The topological polar surface area (TPSA) is 126 Å².